The zero-order valence-electron chi connectivity index (χ0n) is 12.6. The van der Waals surface area contributed by atoms with E-state index < -0.39 is 14.9 Å². The van der Waals surface area contributed by atoms with Crippen LogP contribution in [0.15, 0.2) is 29.2 Å². The Labute approximate surface area is 134 Å². The standard InChI is InChI=1S/C14H19N3O5S/c18-17(19)12-3-1-2-4-13(12)23(20,21)16-8-5-14(6-9-16)11-15-7-10-22-14/h1-4,15H,5-11H2. The first-order chi connectivity index (χ1) is 10.9. The number of morpholine rings is 1. The van der Waals surface area contributed by atoms with Crippen LogP contribution in [0.4, 0.5) is 5.69 Å². The Morgan fingerprint density at radius 3 is 2.57 bits per heavy atom. The molecule has 1 N–H and O–H groups in total. The van der Waals surface area contributed by atoms with Crippen molar-refractivity contribution in [3.8, 4) is 0 Å². The molecule has 2 aliphatic heterocycles. The van der Waals surface area contributed by atoms with Gasteiger partial charge < -0.3 is 10.1 Å². The second-order valence-corrected chi connectivity index (χ2v) is 7.74. The molecule has 2 saturated heterocycles. The number of benzene rings is 1. The maximum Gasteiger partial charge on any atom is 0.289 e. The molecule has 2 aliphatic rings. The number of nitro groups is 1. The van der Waals surface area contributed by atoms with E-state index in [2.05, 4.69) is 5.32 Å². The number of nitro benzene ring substituents is 1. The summed E-state index contributed by atoms with van der Waals surface area (Å²) >= 11 is 0. The molecular formula is C14H19N3O5S. The molecule has 0 aromatic heterocycles. The van der Waals surface area contributed by atoms with Gasteiger partial charge in [-0.05, 0) is 18.9 Å². The third-order valence-electron chi connectivity index (χ3n) is 4.45. The molecule has 0 aliphatic carbocycles. The minimum atomic E-state index is -3.88. The molecule has 0 atom stereocenters. The third-order valence-corrected chi connectivity index (χ3v) is 6.39. The average Bonchev–Trinajstić information content (AvgIpc) is 2.56. The highest BCUT2D eigenvalue weighted by atomic mass is 32.2. The third kappa shape index (κ3) is 3.09. The first kappa shape index (κ1) is 16.3. The smallest absolute Gasteiger partial charge is 0.289 e. The van der Waals surface area contributed by atoms with Gasteiger partial charge in [-0.2, -0.15) is 4.31 Å². The minimum Gasteiger partial charge on any atom is -0.372 e. The number of sulfonamides is 1. The van der Waals surface area contributed by atoms with Crippen LogP contribution in [0.2, 0.25) is 0 Å². The Morgan fingerprint density at radius 2 is 1.96 bits per heavy atom. The van der Waals surface area contributed by atoms with Crippen molar-refractivity contribution >= 4 is 15.7 Å². The molecule has 0 radical (unpaired) electrons. The van der Waals surface area contributed by atoms with Crippen LogP contribution >= 0.6 is 0 Å². The molecule has 8 nitrogen and oxygen atoms in total. The Morgan fingerprint density at radius 1 is 1.26 bits per heavy atom. The Bertz CT molecular complexity index is 690. The number of hydrogen-bond acceptors (Lipinski definition) is 6. The van der Waals surface area contributed by atoms with Gasteiger partial charge in [-0.25, -0.2) is 8.42 Å². The molecule has 0 unspecified atom stereocenters. The van der Waals surface area contributed by atoms with E-state index in [1.807, 2.05) is 0 Å². The van der Waals surface area contributed by atoms with Gasteiger partial charge in [-0.3, -0.25) is 10.1 Å². The zero-order valence-corrected chi connectivity index (χ0v) is 13.4. The molecule has 1 aromatic rings. The van der Waals surface area contributed by atoms with Gasteiger partial charge in [0.25, 0.3) is 5.69 Å². The van der Waals surface area contributed by atoms with Gasteiger partial charge in [0.15, 0.2) is 4.90 Å². The van der Waals surface area contributed by atoms with E-state index in [1.54, 1.807) is 0 Å². The summed E-state index contributed by atoms with van der Waals surface area (Å²) in [6, 6.07) is 5.46. The predicted molar refractivity (Wildman–Crippen MR) is 82.6 cm³/mol. The van der Waals surface area contributed by atoms with Crippen molar-refractivity contribution in [3.63, 3.8) is 0 Å². The molecule has 23 heavy (non-hydrogen) atoms. The second-order valence-electron chi connectivity index (χ2n) is 5.84. The fourth-order valence-corrected chi connectivity index (χ4v) is 4.73. The lowest BCUT2D eigenvalue weighted by Crippen LogP contribution is -2.56. The lowest BCUT2D eigenvalue weighted by Gasteiger charge is -2.43. The van der Waals surface area contributed by atoms with Crippen molar-refractivity contribution < 1.29 is 18.1 Å². The topological polar surface area (TPSA) is 102 Å². The summed E-state index contributed by atoms with van der Waals surface area (Å²) in [6.45, 7) is 2.75. The molecule has 0 bridgehead atoms. The summed E-state index contributed by atoms with van der Waals surface area (Å²) in [5.41, 5.74) is -0.698. The summed E-state index contributed by atoms with van der Waals surface area (Å²) in [5, 5.41) is 14.4. The van der Waals surface area contributed by atoms with E-state index in [4.69, 9.17) is 4.74 Å². The molecule has 1 aromatic carbocycles. The van der Waals surface area contributed by atoms with Gasteiger partial charge in [-0.1, -0.05) is 12.1 Å². The number of piperidine rings is 1. The highest BCUT2D eigenvalue weighted by molar-refractivity contribution is 7.89. The summed E-state index contributed by atoms with van der Waals surface area (Å²) in [5.74, 6) is 0. The van der Waals surface area contributed by atoms with Crippen LogP contribution in [0.1, 0.15) is 12.8 Å². The van der Waals surface area contributed by atoms with Crippen LogP contribution in [0.5, 0.6) is 0 Å². The monoisotopic (exact) mass is 341 g/mol. The van der Waals surface area contributed by atoms with E-state index in [9.17, 15) is 18.5 Å². The molecular weight excluding hydrogens is 322 g/mol. The van der Waals surface area contributed by atoms with E-state index in [-0.39, 0.29) is 16.2 Å². The van der Waals surface area contributed by atoms with Gasteiger partial charge in [0.05, 0.1) is 17.1 Å². The van der Waals surface area contributed by atoms with Crippen molar-refractivity contribution in [2.45, 2.75) is 23.3 Å². The Hall–Kier alpha value is -1.55. The van der Waals surface area contributed by atoms with Gasteiger partial charge >= 0.3 is 0 Å². The number of hydrogen-bond donors (Lipinski definition) is 1. The van der Waals surface area contributed by atoms with E-state index in [1.165, 1.54) is 28.6 Å². The van der Waals surface area contributed by atoms with E-state index in [0.29, 0.717) is 39.1 Å². The summed E-state index contributed by atoms with van der Waals surface area (Å²) < 4.78 is 32.7. The lowest BCUT2D eigenvalue weighted by molar-refractivity contribution is -0.387. The average molecular weight is 341 g/mol. The predicted octanol–water partition coefficient (Wildman–Crippen LogP) is 0.738. The normalized spacial score (nSPS) is 22.1. The first-order valence-corrected chi connectivity index (χ1v) is 8.97. The molecule has 0 saturated carbocycles. The number of ether oxygens (including phenoxy) is 1. The minimum absolute atomic E-state index is 0.247. The maximum atomic E-state index is 12.7. The van der Waals surface area contributed by atoms with Crippen molar-refractivity contribution in [2.75, 3.05) is 32.8 Å². The van der Waals surface area contributed by atoms with Crippen LogP contribution in [0.25, 0.3) is 0 Å². The van der Waals surface area contributed by atoms with E-state index >= 15 is 0 Å². The van der Waals surface area contributed by atoms with Gasteiger partial charge in [-0.15, -0.1) is 0 Å². The summed E-state index contributed by atoms with van der Waals surface area (Å²) in [6.07, 6.45) is 1.17. The molecule has 9 heteroatoms. The van der Waals surface area contributed by atoms with Crippen molar-refractivity contribution in [1.29, 1.82) is 0 Å². The molecule has 2 fully saturated rings. The quantitative estimate of drug-likeness (QED) is 0.643. The Balaban J connectivity index is 1.81. The fourth-order valence-electron chi connectivity index (χ4n) is 3.13. The van der Waals surface area contributed by atoms with Gasteiger partial charge in [0, 0.05) is 32.2 Å². The number of nitrogens with zero attached hydrogens (tertiary/aromatic N) is 2. The Kier molecular flexibility index (Phi) is 4.37. The summed E-state index contributed by atoms with van der Waals surface area (Å²) in [7, 11) is -3.88. The lowest BCUT2D eigenvalue weighted by atomic mass is 9.91. The van der Waals surface area contributed by atoms with Crippen LogP contribution in [-0.2, 0) is 14.8 Å². The van der Waals surface area contributed by atoms with Crippen LogP contribution in [0, 0.1) is 10.1 Å². The molecule has 2 heterocycles. The van der Waals surface area contributed by atoms with Crippen LogP contribution < -0.4 is 5.32 Å². The zero-order chi connectivity index (χ0) is 16.5. The van der Waals surface area contributed by atoms with Crippen LogP contribution in [-0.4, -0.2) is 56.0 Å². The SMILES string of the molecule is O=[N+]([O-])c1ccccc1S(=O)(=O)N1CCC2(CC1)CNCCO2. The second kappa shape index (κ2) is 6.16. The van der Waals surface area contributed by atoms with Crippen molar-refractivity contribution in [3.05, 3.63) is 34.4 Å². The molecule has 1 spiro atoms. The van der Waals surface area contributed by atoms with Crippen LogP contribution in [0.3, 0.4) is 0 Å². The molecule has 126 valence electrons. The highest BCUT2D eigenvalue weighted by Crippen LogP contribution is 2.32. The van der Waals surface area contributed by atoms with Gasteiger partial charge in [0.2, 0.25) is 10.0 Å². The summed E-state index contributed by atoms with van der Waals surface area (Å²) in [4.78, 5) is 10.2. The number of para-hydroxylation sites is 1. The van der Waals surface area contributed by atoms with Crippen molar-refractivity contribution in [2.24, 2.45) is 0 Å². The number of rotatable bonds is 3. The maximum absolute atomic E-state index is 12.7. The van der Waals surface area contributed by atoms with E-state index in [0.717, 1.165) is 6.54 Å². The fraction of sp³-hybridized carbons (Fsp3) is 0.571. The van der Waals surface area contributed by atoms with Crippen molar-refractivity contribution in [1.82, 2.24) is 9.62 Å². The molecule has 0 amide bonds. The number of nitrogens with one attached hydrogen (secondary N) is 1. The first-order valence-electron chi connectivity index (χ1n) is 7.53. The largest absolute Gasteiger partial charge is 0.372 e. The molecule has 3 rings (SSSR count). The van der Waals surface area contributed by atoms with Gasteiger partial charge in [0.1, 0.15) is 0 Å². The highest BCUT2D eigenvalue weighted by Gasteiger charge is 2.41.